The predicted octanol–water partition coefficient (Wildman–Crippen LogP) is 2.45. The predicted molar refractivity (Wildman–Crippen MR) is 98.4 cm³/mol. The van der Waals surface area contributed by atoms with Gasteiger partial charge in [-0.05, 0) is 29.8 Å². The summed E-state index contributed by atoms with van der Waals surface area (Å²) in [4.78, 5) is 28.4. The Morgan fingerprint density at radius 3 is 2.50 bits per heavy atom. The van der Waals surface area contributed by atoms with Crippen LogP contribution in [0.4, 0.5) is 0 Å². The van der Waals surface area contributed by atoms with E-state index in [0.29, 0.717) is 23.9 Å². The Morgan fingerprint density at radius 1 is 1.21 bits per heavy atom. The maximum Gasteiger partial charge on any atom is 0.252 e. The van der Waals surface area contributed by atoms with Crippen molar-refractivity contribution in [1.82, 2.24) is 15.1 Å². The smallest absolute Gasteiger partial charge is 0.252 e. The summed E-state index contributed by atoms with van der Waals surface area (Å²) in [6, 6.07) is 1.79. The van der Waals surface area contributed by atoms with Crippen molar-refractivity contribution in [2.75, 3.05) is 39.3 Å². The summed E-state index contributed by atoms with van der Waals surface area (Å²) in [6.45, 7) is 11.8. The number of nitrogens with zero attached hydrogens (tertiary/aromatic N) is 2. The molecule has 0 radical (unpaired) electrons. The maximum atomic E-state index is 12.2. The van der Waals surface area contributed by atoms with E-state index in [-0.39, 0.29) is 11.8 Å². The summed E-state index contributed by atoms with van der Waals surface area (Å²) in [7, 11) is 0. The van der Waals surface area contributed by atoms with Gasteiger partial charge < -0.3 is 10.2 Å². The van der Waals surface area contributed by atoms with E-state index >= 15 is 0 Å². The van der Waals surface area contributed by atoms with Gasteiger partial charge in [0, 0.05) is 50.1 Å². The topological polar surface area (TPSA) is 52.6 Å². The highest BCUT2D eigenvalue weighted by Gasteiger charge is 2.22. The van der Waals surface area contributed by atoms with Crippen LogP contribution in [0, 0.1) is 5.41 Å². The van der Waals surface area contributed by atoms with E-state index in [2.05, 4.69) is 31.0 Å². The van der Waals surface area contributed by atoms with Crippen molar-refractivity contribution < 1.29 is 9.59 Å². The number of hydrogen-bond donors (Lipinski definition) is 1. The number of thiophene rings is 1. The Balaban J connectivity index is 1.63. The highest BCUT2D eigenvalue weighted by molar-refractivity contribution is 7.08. The Kier molecular flexibility index (Phi) is 6.80. The summed E-state index contributed by atoms with van der Waals surface area (Å²) in [5.41, 5.74) is 1.02. The first-order valence-corrected chi connectivity index (χ1v) is 9.60. The standard InChI is InChI=1S/C18H29N3O2S/c1-18(2,3)6-8-20-9-11-21(12-10-20)16(22)4-7-19-17(23)15-5-13-24-14-15/h5,13-14H,4,6-12H2,1-3H3,(H,19,23). The van der Waals surface area contributed by atoms with Crippen LogP contribution in [-0.4, -0.2) is 60.9 Å². The molecule has 1 aromatic rings. The lowest BCUT2D eigenvalue weighted by Crippen LogP contribution is -2.49. The highest BCUT2D eigenvalue weighted by Crippen LogP contribution is 2.19. The van der Waals surface area contributed by atoms with Gasteiger partial charge in [0.15, 0.2) is 0 Å². The number of rotatable bonds is 6. The Morgan fingerprint density at radius 2 is 1.92 bits per heavy atom. The van der Waals surface area contributed by atoms with E-state index in [1.165, 1.54) is 17.8 Å². The summed E-state index contributed by atoms with van der Waals surface area (Å²) in [5.74, 6) is 0.0344. The third-order valence-electron chi connectivity index (χ3n) is 4.31. The molecule has 0 aromatic carbocycles. The molecule has 0 bridgehead atoms. The maximum absolute atomic E-state index is 12.2. The molecule has 0 unspecified atom stereocenters. The van der Waals surface area contributed by atoms with Crippen LogP contribution in [0.15, 0.2) is 16.8 Å². The number of amides is 2. The monoisotopic (exact) mass is 351 g/mol. The molecule has 6 heteroatoms. The van der Waals surface area contributed by atoms with E-state index in [9.17, 15) is 9.59 Å². The number of nitrogens with one attached hydrogen (secondary N) is 1. The molecular formula is C18H29N3O2S. The van der Waals surface area contributed by atoms with Gasteiger partial charge in [0.2, 0.25) is 5.91 Å². The molecule has 1 saturated heterocycles. The van der Waals surface area contributed by atoms with Gasteiger partial charge in [-0.2, -0.15) is 11.3 Å². The second kappa shape index (κ2) is 8.62. The zero-order chi connectivity index (χ0) is 17.6. The molecule has 1 aliphatic rings. The Bertz CT molecular complexity index is 529. The zero-order valence-corrected chi connectivity index (χ0v) is 15.8. The SMILES string of the molecule is CC(C)(C)CCN1CCN(C(=O)CCNC(=O)c2ccsc2)CC1. The molecule has 1 fully saturated rings. The molecule has 2 heterocycles. The molecule has 24 heavy (non-hydrogen) atoms. The van der Waals surface area contributed by atoms with Crippen molar-refractivity contribution in [3.63, 3.8) is 0 Å². The number of piperazine rings is 1. The molecule has 0 saturated carbocycles. The van der Waals surface area contributed by atoms with E-state index < -0.39 is 0 Å². The lowest BCUT2D eigenvalue weighted by Gasteiger charge is -2.36. The third kappa shape index (κ3) is 6.24. The quantitative estimate of drug-likeness (QED) is 0.856. The number of hydrogen-bond acceptors (Lipinski definition) is 4. The molecule has 0 aliphatic carbocycles. The van der Waals surface area contributed by atoms with Crippen molar-refractivity contribution in [1.29, 1.82) is 0 Å². The molecular weight excluding hydrogens is 322 g/mol. The second-order valence-electron chi connectivity index (χ2n) is 7.55. The van der Waals surface area contributed by atoms with E-state index in [0.717, 1.165) is 32.7 Å². The lowest BCUT2D eigenvalue weighted by atomic mass is 9.92. The molecule has 1 aliphatic heterocycles. The largest absolute Gasteiger partial charge is 0.351 e. The molecule has 5 nitrogen and oxygen atoms in total. The van der Waals surface area contributed by atoms with E-state index in [1.807, 2.05) is 15.7 Å². The van der Waals surface area contributed by atoms with Crippen molar-refractivity contribution >= 4 is 23.2 Å². The summed E-state index contributed by atoms with van der Waals surface area (Å²) in [5, 5.41) is 6.50. The molecule has 2 amide bonds. The summed E-state index contributed by atoms with van der Waals surface area (Å²) >= 11 is 1.50. The average molecular weight is 352 g/mol. The van der Waals surface area contributed by atoms with Crippen LogP contribution in [-0.2, 0) is 4.79 Å². The second-order valence-corrected chi connectivity index (χ2v) is 8.33. The van der Waals surface area contributed by atoms with Crippen LogP contribution in [0.3, 0.4) is 0 Å². The first kappa shape index (κ1) is 18.9. The van der Waals surface area contributed by atoms with Gasteiger partial charge in [-0.15, -0.1) is 0 Å². The van der Waals surface area contributed by atoms with Crippen molar-refractivity contribution in [2.45, 2.75) is 33.6 Å². The van der Waals surface area contributed by atoms with Crippen LogP contribution < -0.4 is 5.32 Å². The fourth-order valence-corrected chi connectivity index (χ4v) is 3.29. The lowest BCUT2D eigenvalue weighted by molar-refractivity contribution is -0.132. The number of carbonyl (C=O) groups excluding carboxylic acids is 2. The number of carbonyl (C=O) groups is 2. The van der Waals surface area contributed by atoms with E-state index in [1.54, 1.807) is 6.07 Å². The van der Waals surface area contributed by atoms with Crippen molar-refractivity contribution in [3.8, 4) is 0 Å². The van der Waals surface area contributed by atoms with Crippen LogP contribution in [0.25, 0.3) is 0 Å². The third-order valence-corrected chi connectivity index (χ3v) is 4.99. The van der Waals surface area contributed by atoms with Gasteiger partial charge in [-0.25, -0.2) is 0 Å². The summed E-state index contributed by atoms with van der Waals surface area (Å²) in [6.07, 6.45) is 1.55. The van der Waals surface area contributed by atoms with Crippen LogP contribution in [0.1, 0.15) is 44.0 Å². The van der Waals surface area contributed by atoms with Gasteiger partial charge in [0.25, 0.3) is 5.91 Å². The molecule has 2 rings (SSSR count). The van der Waals surface area contributed by atoms with Crippen LogP contribution in [0.2, 0.25) is 0 Å². The van der Waals surface area contributed by atoms with Gasteiger partial charge >= 0.3 is 0 Å². The average Bonchev–Trinajstić information content (AvgIpc) is 3.07. The van der Waals surface area contributed by atoms with Crippen molar-refractivity contribution in [2.24, 2.45) is 5.41 Å². The van der Waals surface area contributed by atoms with Gasteiger partial charge in [-0.1, -0.05) is 20.8 Å². The first-order chi connectivity index (χ1) is 11.3. The molecule has 1 N–H and O–H groups in total. The minimum Gasteiger partial charge on any atom is -0.351 e. The van der Waals surface area contributed by atoms with Crippen molar-refractivity contribution in [3.05, 3.63) is 22.4 Å². The van der Waals surface area contributed by atoms with Gasteiger partial charge in [0.1, 0.15) is 0 Å². The fraction of sp³-hybridized carbons (Fsp3) is 0.667. The molecule has 134 valence electrons. The first-order valence-electron chi connectivity index (χ1n) is 8.66. The fourth-order valence-electron chi connectivity index (χ4n) is 2.65. The molecule has 1 aromatic heterocycles. The van der Waals surface area contributed by atoms with Crippen LogP contribution >= 0.6 is 11.3 Å². The Labute approximate surface area is 149 Å². The minimum atomic E-state index is -0.101. The Hall–Kier alpha value is -1.40. The minimum absolute atomic E-state index is 0.101. The van der Waals surface area contributed by atoms with E-state index in [4.69, 9.17) is 0 Å². The highest BCUT2D eigenvalue weighted by atomic mass is 32.1. The van der Waals surface area contributed by atoms with Crippen LogP contribution in [0.5, 0.6) is 0 Å². The normalized spacial score (nSPS) is 16.2. The zero-order valence-electron chi connectivity index (χ0n) is 15.0. The summed E-state index contributed by atoms with van der Waals surface area (Å²) < 4.78 is 0. The molecule has 0 spiro atoms. The van der Waals surface area contributed by atoms with Gasteiger partial charge in [0.05, 0.1) is 0 Å². The molecule has 0 atom stereocenters. The van der Waals surface area contributed by atoms with Gasteiger partial charge in [-0.3, -0.25) is 14.5 Å².